The van der Waals surface area contributed by atoms with Gasteiger partial charge in [0, 0.05) is 17.6 Å². The molecule has 0 radical (unpaired) electrons. The van der Waals surface area contributed by atoms with Crippen molar-refractivity contribution in [1.82, 2.24) is 4.90 Å². The topological polar surface area (TPSA) is 59.0 Å². The third-order valence-corrected chi connectivity index (χ3v) is 5.95. The van der Waals surface area contributed by atoms with E-state index >= 15 is 0 Å². The van der Waals surface area contributed by atoms with E-state index < -0.39 is 0 Å². The van der Waals surface area contributed by atoms with E-state index in [9.17, 15) is 9.59 Å². The van der Waals surface area contributed by atoms with Gasteiger partial charge in [-0.25, -0.2) is 0 Å². The van der Waals surface area contributed by atoms with Crippen LogP contribution in [0.5, 0.6) is 0 Å². The summed E-state index contributed by atoms with van der Waals surface area (Å²) >= 11 is 4.89. The summed E-state index contributed by atoms with van der Waals surface area (Å²) in [5.74, 6) is -0.369. The highest BCUT2D eigenvalue weighted by atomic mass is 79.9. The molecule has 2 aliphatic rings. The molecule has 3 rings (SSSR count). The molecule has 1 aromatic rings. The molecule has 132 valence electrons. The summed E-state index contributed by atoms with van der Waals surface area (Å²) in [5, 5.41) is 0.727. The Morgan fingerprint density at radius 1 is 1.40 bits per heavy atom. The minimum atomic E-state index is -0.205. The maximum Gasteiger partial charge on any atom is 0.309 e. The fraction of sp³-hybridized carbons (Fsp3) is 0.389. The molecular weight excluding hydrogens is 404 g/mol. The van der Waals surface area contributed by atoms with Crippen LogP contribution in [0.25, 0.3) is 6.08 Å². The minimum absolute atomic E-state index is 0.0470. The Kier molecular flexibility index (Phi) is 5.96. The standard InChI is InChI=1S/C18H19BrN2O3S/c1-2-24-17(23)12-7-9-21(10-8-12)18-20-16(22)15(25-18)11-13-5-3-4-6-14(13)19/h3-6,11-12H,2,7-10H2,1H3/b15-11-. The van der Waals surface area contributed by atoms with Gasteiger partial charge in [0.15, 0.2) is 5.17 Å². The summed E-state index contributed by atoms with van der Waals surface area (Å²) in [6, 6.07) is 7.76. The number of amides is 1. The number of amidine groups is 1. The van der Waals surface area contributed by atoms with Crippen molar-refractivity contribution < 1.29 is 14.3 Å². The van der Waals surface area contributed by atoms with E-state index in [2.05, 4.69) is 25.8 Å². The van der Waals surface area contributed by atoms with Gasteiger partial charge in [0.25, 0.3) is 5.91 Å². The number of hydrogen-bond acceptors (Lipinski definition) is 5. The van der Waals surface area contributed by atoms with Crippen LogP contribution in [0.2, 0.25) is 0 Å². The van der Waals surface area contributed by atoms with Crippen LogP contribution in [0, 0.1) is 5.92 Å². The second kappa shape index (κ2) is 8.19. The smallest absolute Gasteiger partial charge is 0.309 e. The molecule has 7 heteroatoms. The van der Waals surface area contributed by atoms with Crippen LogP contribution in [-0.2, 0) is 14.3 Å². The number of piperidine rings is 1. The largest absolute Gasteiger partial charge is 0.466 e. The van der Waals surface area contributed by atoms with E-state index in [4.69, 9.17) is 4.74 Å². The molecule has 0 atom stereocenters. The van der Waals surface area contributed by atoms with Crippen LogP contribution in [-0.4, -0.2) is 41.6 Å². The van der Waals surface area contributed by atoms with E-state index in [1.165, 1.54) is 11.8 Å². The molecule has 0 saturated carbocycles. The first-order valence-corrected chi connectivity index (χ1v) is 9.88. The van der Waals surface area contributed by atoms with Crippen molar-refractivity contribution in [2.45, 2.75) is 19.8 Å². The van der Waals surface area contributed by atoms with E-state index in [1.54, 1.807) is 0 Å². The molecule has 0 aliphatic carbocycles. The van der Waals surface area contributed by atoms with Gasteiger partial charge < -0.3 is 9.64 Å². The summed E-state index contributed by atoms with van der Waals surface area (Å²) in [5.41, 5.74) is 0.954. The lowest BCUT2D eigenvalue weighted by Gasteiger charge is -2.31. The number of carbonyl (C=O) groups excluding carboxylic acids is 2. The van der Waals surface area contributed by atoms with E-state index in [1.807, 2.05) is 37.3 Å². The van der Waals surface area contributed by atoms with Crippen molar-refractivity contribution in [3.63, 3.8) is 0 Å². The average molecular weight is 423 g/mol. The predicted molar refractivity (Wildman–Crippen MR) is 103 cm³/mol. The Bertz CT molecular complexity index is 740. The average Bonchev–Trinajstić information content (AvgIpc) is 2.98. The molecule has 25 heavy (non-hydrogen) atoms. The van der Waals surface area contributed by atoms with Gasteiger partial charge in [0.2, 0.25) is 0 Å². The highest BCUT2D eigenvalue weighted by molar-refractivity contribution is 9.10. The molecule has 2 heterocycles. The van der Waals surface area contributed by atoms with Crippen molar-refractivity contribution in [2.75, 3.05) is 19.7 Å². The van der Waals surface area contributed by atoms with Crippen molar-refractivity contribution in [1.29, 1.82) is 0 Å². The second-order valence-electron chi connectivity index (χ2n) is 5.85. The predicted octanol–water partition coefficient (Wildman–Crippen LogP) is 3.69. The first-order chi connectivity index (χ1) is 12.1. The summed E-state index contributed by atoms with van der Waals surface area (Å²) < 4.78 is 6.04. The number of benzene rings is 1. The van der Waals surface area contributed by atoms with Crippen molar-refractivity contribution in [3.8, 4) is 0 Å². The zero-order chi connectivity index (χ0) is 17.8. The highest BCUT2D eigenvalue weighted by Gasteiger charge is 2.31. The fourth-order valence-corrected chi connectivity index (χ4v) is 4.19. The Labute approximate surface area is 159 Å². The number of ether oxygens (including phenoxy) is 1. The molecule has 2 aliphatic heterocycles. The van der Waals surface area contributed by atoms with Crippen LogP contribution in [0.3, 0.4) is 0 Å². The molecular formula is C18H19BrN2O3S. The van der Waals surface area contributed by atoms with E-state index in [-0.39, 0.29) is 17.8 Å². The van der Waals surface area contributed by atoms with Gasteiger partial charge in [-0.1, -0.05) is 34.1 Å². The van der Waals surface area contributed by atoms with Crippen LogP contribution in [0.15, 0.2) is 38.6 Å². The molecule has 5 nitrogen and oxygen atoms in total. The highest BCUT2D eigenvalue weighted by Crippen LogP contribution is 2.33. The zero-order valence-electron chi connectivity index (χ0n) is 13.9. The van der Waals surface area contributed by atoms with Gasteiger partial charge in [-0.15, -0.1) is 0 Å². The Morgan fingerprint density at radius 2 is 2.12 bits per heavy atom. The molecule has 1 amide bonds. The van der Waals surface area contributed by atoms with Gasteiger partial charge in [-0.2, -0.15) is 4.99 Å². The van der Waals surface area contributed by atoms with Gasteiger partial charge >= 0.3 is 5.97 Å². The maximum atomic E-state index is 12.2. The number of nitrogens with zero attached hydrogens (tertiary/aromatic N) is 2. The SMILES string of the molecule is CCOC(=O)C1CCN(C2=NC(=O)/C(=C/c3ccccc3Br)S2)CC1. The summed E-state index contributed by atoms with van der Waals surface area (Å²) in [4.78, 5) is 30.9. The molecule has 1 aromatic carbocycles. The Morgan fingerprint density at radius 3 is 2.80 bits per heavy atom. The van der Waals surface area contributed by atoms with Crippen LogP contribution in [0.1, 0.15) is 25.3 Å². The Hall–Kier alpha value is -1.60. The first-order valence-electron chi connectivity index (χ1n) is 8.27. The number of aliphatic imine (C=N–C) groups is 1. The quantitative estimate of drug-likeness (QED) is 0.548. The molecule has 0 aromatic heterocycles. The minimum Gasteiger partial charge on any atom is -0.466 e. The molecule has 0 bridgehead atoms. The van der Waals surface area contributed by atoms with Crippen LogP contribution >= 0.6 is 27.7 Å². The summed E-state index contributed by atoms with van der Waals surface area (Å²) in [6.07, 6.45) is 3.32. The Balaban J connectivity index is 1.63. The number of halogens is 1. The van der Waals surface area contributed by atoms with Crippen molar-refractivity contribution >= 4 is 50.8 Å². The molecule has 1 saturated heterocycles. The van der Waals surface area contributed by atoms with Crippen LogP contribution < -0.4 is 0 Å². The monoisotopic (exact) mass is 422 g/mol. The van der Waals surface area contributed by atoms with Gasteiger partial charge in [0.05, 0.1) is 17.4 Å². The second-order valence-corrected chi connectivity index (χ2v) is 7.71. The first kappa shape index (κ1) is 18.2. The lowest BCUT2D eigenvalue weighted by molar-refractivity contribution is -0.149. The summed E-state index contributed by atoms with van der Waals surface area (Å²) in [6.45, 7) is 3.66. The third-order valence-electron chi connectivity index (χ3n) is 4.19. The summed E-state index contributed by atoms with van der Waals surface area (Å²) in [7, 11) is 0. The van der Waals surface area contributed by atoms with E-state index in [0.29, 0.717) is 24.6 Å². The normalized spacial score (nSPS) is 20.1. The van der Waals surface area contributed by atoms with Gasteiger partial charge in [-0.05, 0) is 49.2 Å². The molecule has 0 N–H and O–H groups in total. The van der Waals surface area contributed by atoms with E-state index in [0.717, 1.165) is 28.0 Å². The fourth-order valence-electron chi connectivity index (χ4n) is 2.83. The number of hydrogen-bond donors (Lipinski definition) is 0. The zero-order valence-corrected chi connectivity index (χ0v) is 16.3. The van der Waals surface area contributed by atoms with Gasteiger partial charge in [-0.3, -0.25) is 9.59 Å². The van der Waals surface area contributed by atoms with Crippen molar-refractivity contribution in [2.24, 2.45) is 10.9 Å². The van der Waals surface area contributed by atoms with Gasteiger partial charge in [0.1, 0.15) is 0 Å². The third kappa shape index (κ3) is 4.33. The number of thioether (sulfide) groups is 1. The van der Waals surface area contributed by atoms with Crippen molar-refractivity contribution in [3.05, 3.63) is 39.2 Å². The lowest BCUT2D eigenvalue weighted by atomic mass is 9.97. The molecule has 0 spiro atoms. The molecule has 0 unspecified atom stereocenters. The van der Waals surface area contributed by atoms with Crippen LogP contribution in [0.4, 0.5) is 0 Å². The number of rotatable bonds is 3. The molecule has 1 fully saturated rings. The number of likely N-dealkylation sites (tertiary alicyclic amines) is 1. The lowest BCUT2D eigenvalue weighted by Crippen LogP contribution is -2.39. The maximum absolute atomic E-state index is 12.2. The number of carbonyl (C=O) groups is 2. The number of esters is 1.